The minimum atomic E-state index is 0.536. The van der Waals surface area contributed by atoms with Gasteiger partial charge in [-0.25, -0.2) is 9.97 Å². The first kappa shape index (κ1) is 13.8. The SMILES string of the molecule is CNCCCc1c(C)nc(C2CCCS2)nc1C. The zero-order valence-electron chi connectivity index (χ0n) is 11.6. The molecule has 0 aliphatic carbocycles. The van der Waals surface area contributed by atoms with Crippen LogP contribution in [-0.4, -0.2) is 29.3 Å². The van der Waals surface area contributed by atoms with Gasteiger partial charge in [0.1, 0.15) is 5.82 Å². The number of nitrogens with zero attached hydrogens (tertiary/aromatic N) is 2. The number of hydrogen-bond donors (Lipinski definition) is 1. The second-order valence-corrected chi connectivity index (χ2v) is 6.25. The van der Waals surface area contributed by atoms with Crippen molar-refractivity contribution in [1.82, 2.24) is 15.3 Å². The van der Waals surface area contributed by atoms with Crippen molar-refractivity contribution in [2.75, 3.05) is 19.3 Å². The summed E-state index contributed by atoms with van der Waals surface area (Å²) < 4.78 is 0. The van der Waals surface area contributed by atoms with Crippen molar-refractivity contribution in [1.29, 1.82) is 0 Å². The van der Waals surface area contributed by atoms with E-state index < -0.39 is 0 Å². The molecule has 2 rings (SSSR count). The molecule has 0 radical (unpaired) electrons. The van der Waals surface area contributed by atoms with Gasteiger partial charge in [-0.05, 0) is 64.4 Å². The fourth-order valence-electron chi connectivity index (χ4n) is 2.49. The molecule has 1 aliphatic rings. The van der Waals surface area contributed by atoms with Crippen LogP contribution >= 0.6 is 11.8 Å². The summed E-state index contributed by atoms with van der Waals surface area (Å²) in [6.07, 6.45) is 4.78. The molecule has 3 nitrogen and oxygen atoms in total. The second-order valence-electron chi connectivity index (χ2n) is 4.94. The van der Waals surface area contributed by atoms with Crippen molar-refractivity contribution in [2.24, 2.45) is 0 Å². The lowest BCUT2D eigenvalue weighted by molar-refractivity contribution is 0.705. The minimum absolute atomic E-state index is 0.536. The summed E-state index contributed by atoms with van der Waals surface area (Å²) in [5, 5.41) is 3.72. The van der Waals surface area contributed by atoms with Crippen molar-refractivity contribution in [3.05, 3.63) is 22.8 Å². The molecule has 18 heavy (non-hydrogen) atoms. The average Bonchev–Trinajstić information content (AvgIpc) is 2.86. The Balaban J connectivity index is 2.12. The van der Waals surface area contributed by atoms with Crippen LogP contribution in [0.25, 0.3) is 0 Å². The molecule has 1 atom stereocenters. The first-order chi connectivity index (χ1) is 8.72. The van der Waals surface area contributed by atoms with Crippen LogP contribution in [0.4, 0.5) is 0 Å². The summed E-state index contributed by atoms with van der Waals surface area (Å²) in [7, 11) is 2.00. The Morgan fingerprint density at radius 1 is 1.28 bits per heavy atom. The maximum absolute atomic E-state index is 4.74. The summed E-state index contributed by atoms with van der Waals surface area (Å²) in [6.45, 7) is 5.32. The highest BCUT2D eigenvalue weighted by Crippen LogP contribution is 2.38. The lowest BCUT2D eigenvalue weighted by Gasteiger charge is -2.13. The second kappa shape index (κ2) is 6.53. The normalized spacial score (nSPS) is 19.4. The van der Waals surface area contributed by atoms with E-state index >= 15 is 0 Å². The topological polar surface area (TPSA) is 37.8 Å². The van der Waals surface area contributed by atoms with Gasteiger partial charge in [-0.1, -0.05) is 0 Å². The summed E-state index contributed by atoms with van der Waals surface area (Å²) in [4.78, 5) is 9.48. The quantitative estimate of drug-likeness (QED) is 0.831. The molecule has 1 unspecified atom stereocenters. The van der Waals surface area contributed by atoms with E-state index in [9.17, 15) is 0 Å². The molecule has 1 aromatic heterocycles. The molecule has 0 spiro atoms. The van der Waals surface area contributed by atoms with Crippen LogP contribution in [0.15, 0.2) is 0 Å². The van der Waals surface area contributed by atoms with E-state index in [0.717, 1.165) is 25.2 Å². The molecule has 0 aromatic carbocycles. The van der Waals surface area contributed by atoms with E-state index in [4.69, 9.17) is 9.97 Å². The highest BCUT2D eigenvalue weighted by Gasteiger charge is 2.21. The van der Waals surface area contributed by atoms with Gasteiger partial charge in [-0.2, -0.15) is 11.8 Å². The molecule has 1 aliphatic heterocycles. The fourth-order valence-corrected chi connectivity index (χ4v) is 3.70. The van der Waals surface area contributed by atoms with Crippen molar-refractivity contribution in [3.63, 3.8) is 0 Å². The number of aromatic nitrogens is 2. The van der Waals surface area contributed by atoms with Gasteiger partial charge in [0.25, 0.3) is 0 Å². The molecule has 0 bridgehead atoms. The molecule has 0 amide bonds. The van der Waals surface area contributed by atoms with E-state index in [1.165, 1.54) is 35.5 Å². The number of thioether (sulfide) groups is 1. The third-order valence-corrected chi connectivity index (χ3v) is 4.88. The smallest absolute Gasteiger partial charge is 0.141 e. The van der Waals surface area contributed by atoms with Crippen LogP contribution in [0.5, 0.6) is 0 Å². The van der Waals surface area contributed by atoms with Crippen LogP contribution < -0.4 is 5.32 Å². The molecule has 4 heteroatoms. The number of hydrogen-bond acceptors (Lipinski definition) is 4. The summed E-state index contributed by atoms with van der Waals surface area (Å²) in [5.74, 6) is 2.32. The summed E-state index contributed by atoms with van der Waals surface area (Å²) in [5.41, 5.74) is 3.71. The largest absolute Gasteiger partial charge is 0.320 e. The lowest BCUT2D eigenvalue weighted by atomic mass is 10.1. The maximum atomic E-state index is 4.74. The molecule has 0 saturated carbocycles. The van der Waals surface area contributed by atoms with Gasteiger partial charge >= 0.3 is 0 Å². The van der Waals surface area contributed by atoms with Gasteiger partial charge in [0.15, 0.2) is 0 Å². The van der Waals surface area contributed by atoms with Gasteiger partial charge in [0, 0.05) is 11.4 Å². The number of aryl methyl sites for hydroxylation is 2. The minimum Gasteiger partial charge on any atom is -0.320 e. The number of nitrogens with one attached hydrogen (secondary N) is 1. The molecule has 1 N–H and O–H groups in total. The van der Waals surface area contributed by atoms with Crippen LogP contribution in [0.3, 0.4) is 0 Å². The Hall–Kier alpha value is -0.610. The molecular weight excluding hydrogens is 242 g/mol. The molecule has 100 valence electrons. The van der Waals surface area contributed by atoms with Gasteiger partial charge in [0.2, 0.25) is 0 Å². The zero-order chi connectivity index (χ0) is 13.0. The van der Waals surface area contributed by atoms with Crippen molar-refractivity contribution in [3.8, 4) is 0 Å². The van der Waals surface area contributed by atoms with Crippen molar-refractivity contribution >= 4 is 11.8 Å². The molecule has 1 fully saturated rings. The van der Waals surface area contributed by atoms with Crippen molar-refractivity contribution in [2.45, 2.75) is 44.8 Å². The van der Waals surface area contributed by atoms with Crippen molar-refractivity contribution < 1.29 is 0 Å². The van der Waals surface area contributed by atoms with E-state index in [1.807, 2.05) is 18.8 Å². The van der Waals surface area contributed by atoms with Gasteiger partial charge in [0.05, 0.1) is 5.25 Å². The van der Waals surface area contributed by atoms with E-state index in [0.29, 0.717) is 5.25 Å². The molecular formula is C14H23N3S. The van der Waals surface area contributed by atoms with Crippen LogP contribution in [0.1, 0.15) is 47.3 Å². The third-order valence-electron chi connectivity index (χ3n) is 3.51. The number of rotatable bonds is 5. The van der Waals surface area contributed by atoms with E-state index in [2.05, 4.69) is 19.2 Å². The van der Waals surface area contributed by atoms with Crippen LogP contribution in [0, 0.1) is 13.8 Å². The Morgan fingerprint density at radius 3 is 2.56 bits per heavy atom. The summed E-state index contributed by atoms with van der Waals surface area (Å²) >= 11 is 2.01. The monoisotopic (exact) mass is 265 g/mol. The highest BCUT2D eigenvalue weighted by molar-refractivity contribution is 7.99. The average molecular weight is 265 g/mol. The Morgan fingerprint density at radius 2 is 2.00 bits per heavy atom. The fraction of sp³-hybridized carbons (Fsp3) is 0.714. The highest BCUT2D eigenvalue weighted by atomic mass is 32.2. The molecule has 1 saturated heterocycles. The van der Waals surface area contributed by atoms with Gasteiger partial charge in [-0.3, -0.25) is 0 Å². The first-order valence-corrected chi connectivity index (χ1v) is 7.87. The summed E-state index contributed by atoms with van der Waals surface area (Å²) in [6, 6.07) is 0. The van der Waals surface area contributed by atoms with Gasteiger partial charge < -0.3 is 5.32 Å². The third kappa shape index (κ3) is 3.23. The maximum Gasteiger partial charge on any atom is 0.141 e. The predicted octanol–water partition coefficient (Wildman–Crippen LogP) is 2.81. The Kier molecular flexibility index (Phi) is 5.01. The molecule has 1 aromatic rings. The first-order valence-electron chi connectivity index (χ1n) is 6.82. The lowest BCUT2D eigenvalue weighted by Crippen LogP contribution is -2.11. The predicted molar refractivity (Wildman–Crippen MR) is 78.2 cm³/mol. The van der Waals surface area contributed by atoms with E-state index in [1.54, 1.807) is 0 Å². The Bertz CT molecular complexity index is 377. The van der Waals surface area contributed by atoms with Gasteiger partial charge in [-0.15, -0.1) is 0 Å². The van der Waals surface area contributed by atoms with E-state index in [-0.39, 0.29) is 0 Å². The molecule has 2 heterocycles. The standard InChI is InChI=1S/C14H23N3S/c1-10-12(6-4-8-15-3)11(2)17-14(16-10)13-7-5-9-18-13/h13,15H,4-9H2,1-3H3. The Labute approximate surface area is 114 Å². The zero-order valence-corrected chi connectivity index (χ0v) is 12.4. The van der Waals surface area contributed by atoms with Crippen LogP contribution in [-0.2, 0) is 6.42 Å². The van der Waals surface area contributed by atoms with Crippen LogP contribution in [0.2, 0.25) is 0 Å².